The highest BCUT2D eigenvalue weighted by Gasteiger charge is 2.31. The van der Waals surface area contributed by atoms with E-state index < -0.39 is 103 Å². The highest BCUT2D eigenvalue weighted by molar-refractivity contribution is 7.18. The van der Waals surface area contributed by atoms with Crippen molar-refractivity contribution in [3.05, 3.63) is 159 Å². The van der Waals surface area contributed by atoms with E-state index >= 15 is 13.2 Å². The quantitative estimate of drug-likeness (QED) is 0.0724. The normalized spacial score (nSPS) is 11.2. The average Bonchev–Trinajstić information content (AvgIpc) is 3.86. The third kappa shape index (κ3) is 9.59. The van der Waals surface area contributed by atoms with Gasteiger partial charge in [-0.3, -0.25) is 29.8 Å². The Kier molecular flexibility index (Phi) is 13.7. The number of nitrogens with zero attached hydrogens (tertiary/aromatic N) is 4. The Morgan fingerprint density at radius 1 is 0.591 bits per heavy atom. The second-order valence-corrected chi connectivity index (χ2v) is 18.0. The molecule has 4 aromatic heterocycles. The Morgan fingerprint density at radius 3 is 1.79 bits per heavy atom. The fraction of sp³-hybridized carbons (Fsp3) is 0.0476. The van der Waals surface area contributed by atoms with E-state index in [-0.39, 0.29) is 27.4 Å². The SMILES string of the molecule is O=C(NC(=O)c1c(F)cc(-c2cc(Cl)c(C(=O)NC(=O)c3c(F)ccc(OCc4nc5cc(Cl)ccc5s4)c3F)c(Cl)n2)c(OCc2nc3cc(Cl)ccc3s2)c1F)c1ccnc(Cl)c1Cl. The van der Waals surface area contributed by atoms with Crippen molar-refractivity contribution in [3.63, 3.8) is 0 Å². The summed E-state index contributed by atoms with van der Waals surface area (Å²) in [5.41, 5.74) is -3.41. The van der Waals surface area contributed by atoms with Crippen LogP contribution in [0, 0.1) is 23.3 Å². The third-order valence-corrected chi connectivity index (χ3v) is 13.0. The summed E-state index contributed by atoms with van der Waals surface area (Å²) < 4.78 is 75.9. The number of hydrogen-bond donors (Lipinski definition) is 2. The predicted molar refractivity (Wildman–Crippen MR) is 242 cm³/mol. The standard InChI is InChI=1S/C42H18Cl6F4N6O6S2/c43-15-1-5-26-23(9-15)54-28(65-26)13-63-25-4-3-20(49)31(34(25)51)41(61)58-40(60)30-19(45)12-22(56-37(30)47)18-11-21(50)32(42(62)57-39(59)17-7-8-53-38(48)33(17)46)35(52)36(18)64-14-29-55-24-10-16(44)2-6-27(24)66-29/h1-12H,13-14H2,(H,57,59,62)(H,58,60,61). The van der Waals surface area contributed by atoms with Crippen LogP contribution in [0.2, 0.25) is 30.4 Å². The lowest BCUT2D eigenvalue weighted by Crippen LogP contribution is -2.32. The van der Waals surface area contributed by atoms with Crippen molar-refractivity contribution in [2.75, 3.05) is 0 Å². The molecule has 0 aliphatic carbocycles. The molecule has 0 aliphatic rings. The van der Waals surface area contributed by atoms with Crippen LogP contribution in [-0.4, -0.2) is 43.6 Å². The number of halogens is 10. The summed E-state index contributed by atoms with van der Waals surface area (Å²) in [6.07, 6.45) is 1.11. The predicted octanol–water partition coefficient (Wildman–Crippen LogP) is 12.1. The smallest absolute Gasteiger partial charge is 0.264 e. The molecule has 8 aromatic rings. The molecule has 8 rings (SSSR count). The molecule has 0 bridgehead atoms. The van der Waals surface area contributed by atoms with E-state index in [4.69, 9.17) is 79.1 Å². The van der Waals surface area contributed by atoms with E-state index in [2.05, 4.69) is 19.9 Å². The number of fused-ring (bicyclic) bond motifs is 2. The first-order valence-electron chi connectivity index (χ1n) is 18.2. The van der Waals surface area contributed by atoms with E-state index in [0.717, 1.165) is 46.5 Å². The van der Waals surface area contributed by atoms with Gasteiger partial charge in [0.2, 0.25) is 0 Å². The van der Waals surface area contributed by atoms with Crippen molar-refractivity contribution in [2.45, 2.75) is 13.2 Å². The van der Waals surface area contributed by atoms with Crippen molar-refractivity contribution in [1.29, 1.82) is 0 Å². The van der Waals surface area contributed by atoms with Crippen LogP contribution >= 0.6 is 92.3 Å². The number of hydrogen-bond acceptors (Lipinski definition) is 12. The van der Waals surface area contributed by atoms with Gasteiger partial charge in [0.25, 0.3) is 23.6 Å². The zero-order chi connectivity index (χ0) is 47.1. The Balaban J connectivity index is 1.07. The van der Waals surface area contributed by atoms with Gasteiger partial charge in [-0.05, 0) is 66.7 Å². The first-order valence-corrected chi connectivity index (χ1v) is 22.1. The second-order valence-electron chi connectivity index (χ2n) is 13.4. The van der Waals surface area contributed by atoms with Gasteiger partial charge in [-0.15, -0.1) is 22.7 Å². The molecule has 4 amide bonds. The summed E-state index contributed by atoms with van der Waals surface area (Å²) in [6, 6.07) is 14.2. The van der Waals surface area contributed by atoms with E-state index in [1.807, 2.05) is 5.32 Å². The number of carbonyl (C=O) groups is 4. The molecule has 4 heterocycles. The van der Waals surface area contributed by atoms with E-state index in [9.17, 15) is 23.6 Å². The number of carbonyl (C=O) groups excluding carboxylic acids is 4. The highest BCUT2D eigenvalue weighted by Crippen LogP contribution is 2.39. The van der Waals surface area contributed by atoms with Crippen LogP contribution in [0.25, 0.3) is 31.7 Å². The van der Waals surface area contributed by atoms with E-state index in [1.54, 1.807) is 41.7 Å². The van der Waals surface area contributed by atoms with Crippen molar-refractivity contribution < 1.29 is 46.2 Å². The Bertz CT molecular complexity index is 3340. The van der Waals surface area contributed by atoms with Gasteiger partial charge in [-0.2, -0.15) is 0 Å². The largest absolute Gasteiger partial charge is 0.483 e. The van der Waals surface area contributed by atoms with Crippen LogP contribution in [0.1, 0.15) is 51.4 Å². The molecular formula is C42H18Cl6F4N6O6S2. The molecule has 0 saturated carbocycles. The molecule has 24 heteroatoms. The minimum absolute atomic E-state index is 0.270. The van der Waals surface area contributed by atoms with Crippen molar-refractivity contribution in [1.82, 2.24) is 30.6 Å². The first-order chi connectivity index (χ1) is 31.5. The van der Waals surface area contributed by atoms with Crippen LogP contribution < -0.4 is 20.1 Å². The topological polar surface area (TPSA) is 162 Å². The maximum absolute atomic E-state index is 16.6. The highest BCUT2D eigenvalue weighted by atomic mass is 35.5. The average molecular weight is 1060 g/mol. The van der Waals surface area contributed by atoms with E-state index in [0.29, 0.717) is 36.9 Å². The number of nitrogens with one attached hydrogen (secondary N) is 2. The number of aromatic nitrogens is 4. The Labute approximate surface area is 405 Å². The molecule has 0 spiro atoms. The van der Waals surface area contributed by atoms with Gasteiger partial charge in [-0.1, -0.05) is 69.6 Å². The fourth-order valence-corrected chi connectivity index (χ4v) is 9.18. The minimum atomic E-state index is -1.62. The summed E-state index contributed by atoms with van der Waals surface area (Å²) >= 11 is 39.3. The summed E-state index contributed by atoms with van der Waals surface area (Å²) in [4.78, 5) is 69.5. The third-order valence-electron chi connectivity index (χ3n) is 9.14. The van der Waals surface area contributed by atoms with Crippen LogP contribution in [-0.2, 0) is 13.2 Å². The second kappa shape index (κ2) is 19.3. The van der Waals surface area contributed by atoms with Crippen molar-refractivity contribution in [2.24, 2.45) is 0 Å². The summed E-state index contributed by atoms with van der Waals surface area (Å²) in [5.74, 6) is -13.0. The fourth-order valence-electron chi connectivity index (χ4n) is 6.17. The van der Waals surface area contributed by atoms with Crippen LogP contribution in [0.3, 0.4) is 0 Å². The maximum Gasteiger partial charge on any atom is 0.264 e. The Morgan fingerprint density at radius 2 is 1.17 bits per heavy atom. The molecule has 0 unspecified atom stereocenters. The van der Waals surface area contributed by atoms with Gasteiger partial charge in [0.05, 0.1) is 47.3 Å². The van der Waals surface area contributed by atoms with Gasteiger partial charge in [0.1, 0.15) is 56.3 Å². The first kappa shape index (κ1) is 46.8. The maximum atomic E-state index is 16.6. The number of imide groups is 2. The number of thiazole rings is 2. The molecule has 0 fully saturated rings. The molecule has 4 aromatic carbocycles. The van der Waals surface area contributed by atoms with Gasteiger partial charge in [0, 0.05) is 21.8 Å². The number of pyridine rings is 2. The number of amides is 4. The summed E-state index contributed by atoms with van der Waals surface area (Å²) in [6.45, 7) is -0.744. The monoisotopic (exact) mass is 1050 g/mol. The van der Waals surface area contributed by atoms with Crippen LogP contribution in [0.5, 0.6) is 11.5 Å². The molecule has 0 atom stereocenters. The molecule has 0 radical (unpaired) electrons. The molecule has 12 nitrogen and oxygen atoms in total. The van der Waals surface area contributed by atoms with Crippen molar-refractivity contribution >= 4 is 136 Å². The van der Waals surface area contributed by atoms with Crippen LogP contribution in [0.15, 0.2) is 72.9 Å². The molecule has 334 valence electrons. The number of ether oxygens (including phenoxy) is 2. The minimum Gasteiger partial charge on any atom is -0.483 e. The lowest BCUT2D eigenvalue weighted by molar-refractivity contribution is 0.0827. The molecule has 0 aliphatic heterocycles. The van der Waals surface area contributed by atoms with Gasteiger partial charge in [-0.25, -0.2) is 37.5 Å². The summed E-state index contributed by atoms with van der Waals surface area (Å²) in [7, 11) is 0. The molecule has 0 saturated heterocycles. The number of benzene rings is 4. The zero-order valence-electron chi connectivity index (χ0n) is 32.2. The van der Waals surface area contributed by atoms with Gasteiger partial charge >= 0.3 is 0 Å². The lowest BCUT2D eigenvalue weighted by Gasteiger charge is -2.16. The zero-order valence-corrected chi connectivity index (χ0v) is 38.3. The molecule has 66 heavy (non-hydrogen) atoms. The van der Waals surface area contributed by atoms with Gasteiger partial charge < -0.3 is 9.47 Å². The van der Waals surface area contributed by atoms with E-state index in [1.165, 1.54) is 11.3 Å². The Hall–Kier alpha value is -5.70. The molecule has 2 N–H and O–H groups in total. The van der Waals surface area contributed by atoms with Gasteiger partial charge in [0.15, 0.2) is 23.1 Å². The van der Waals surface area contributed by atoms with Crippen molar-refractivity contribution in [3.8, 4) is 22.8 Å². The molecular weight excluding hydrogens is 1040 g/mol. The number of rotatable bonds is 11. The lowest BCUT2D eigenvalue weighted by atomic mass is 10.0. The van der Waals surface area contributed by atoms with Crippen LogP contribution in [0.4, 0.5) is 17.6 Å². The summed E-state index contributed by atoms with van der Waals surface area (Å²) in [5, 5.41) is 3.21.